The molecule has 1 aromatic heterocycles. The normalized spacial score (nSPS) is 20.7. The van der Waals surface area contributed by atoms with Gasteiger partial charge in [-0.1, -0.05) is 44.1 Å². The number of aromatic nitrogens is 2. The van der Waals surface area contributed by atoms with E-state index < -0.39 is 89.3 Å². The third-order valence-electron chi connectivity index (χ3n) is 8.82. The smallest absolute Gasteiger partial charge is 0.462 e. The van der Waals surface area contributed by atoms with E-state index in [9.17, 15) is 23.7 Å². The van der Waals surface area contributed by atoms with Crippen LogP contribution in [0.25, 0.3) is 0 Å². The van der Waals surface area contributed by atoms with E-state index in [1.165, 1.54) is 13.8 Å². The fourth-order valence-corrected chi connectivity index (χ4v) is 9.46. The molecule has 1 fully saturated rings. The van der Waals surface area contributed by atoms with E-state index in [4.69, 9.17) is 32.8 Å². The Morgan fingerprint density at radius 2 is 1.72 bits per heavy atom. The number of carbonyl (C=O) groups is 2. The van der Waals surface area contributed by atoms with Gasteiger partial charge >= 0.3 is 25.8 Å². The first-order valence-electron chi connectivity index (χ1n) is 18.0. The Kier molecular flexibility index (Phi) is 16.7. The van der Waals surface area contributed by atoms with Crippen LogP contribution in [-0.4, -0.2) is 83.2 Å². The molecule has 6 atom stereocenters. The van der Waals surface area contributed by atoms with E-state index in [1.807, 2.05) is 20.8 Å². The standard InChI is InChI=1S/C35H53FN4O12PSi/c1-10-54(11-2,12-3)52-31-28(22-48-40(26(8)32(43)49-25(6)7)53(45)51-27-16-14-13-15-17-27)50-33(35(31,9)36)38-20-18-29(41)39(34(38)44)23-46-30(42)19-21-47-37-24(4)5/h13-18,20,25-26,28,31,33H,10-12,19,21-23H2,1-9H3/q+1/t26-,28+,31+,33+,35+/m0/s1. The fraction of sp³-hybridized carbons (Fsp3) is 0.629. The highest BCUT2D eigenvalue weighted by molar-refractivity contribution is 7.36. The molecule has 0 spiro atoms. The lowest BCUT2D eigenvalue weighted by Crippen LogP contribution is -2.52. The monoisotopic (exact) mass is 799 g/mol. The molecule has 0 aliphatic carbocycles. The van der Waals surface area contributed by atoms with Gasteiger partial charge in [0.1, 0.15) is 25.4 Å². The molecule has 2 aromatic rings. The highest BCUT2D eigenvalue weighted by Crippen LogP contribution is 2.45. The summed E-state index contributed by atoms with van der Waals surface area (Å²) in [5, 5.41) is 3.73. The number of rotatable bonds is 21. The number of nitrogens with zero attached hydrogens (tertiary/aromatic N) is 4. The van der Waals surface area contributed by atoms with Crippen molar-refractivity contribution >= 4 is 34.1 Å². The lowest BCUT2D eigenvalue weighted by Gasteiger charge is -2.37. The zero-order valence-electron chi connectivity index (χ0n) is 32.4. The summed E-state index contributed by atoms with van der Waals surface area (Å²) in [4.78, 5) is 63.6. The van der Waals surface area contributed by atoms with Gasteiger partial charge in [0.25, 0.3) is 5.56 Å². The SMILES string of the molecule is CC[Si](CC)(CC)O[C@@H]1[C@@H](CON([C@@H](C)C(=O)OC(C)C)[P+](=O)Oc2ccccc2)O[C@@H](n2ccc(=O)n(COC(=O)CCON=C(C)C)c2=O)[C@]1(C)F. The number of hydrogen-bond acceptors (Lipinski definition) is 13. The van der Waals surface area contributed by atoms with Crippen LogP contribution in [-0.2, 0) is 49.2 Å². The zero-order valence-corrected chi connectivity index (χ0v) is 34.3. The topological polar surface area (TPSA) is 175 Å². The van der Waals surface area contributed by atoms with Gasteiger partial charge in [-0.25, -0.2) is 18.3 Å². The minimum atomic E-state index is -2.87. The van der Waals surface area contributed by atoms with Crippen LogP contribution in [0.3, 0.4) is 0 Å². The number of ether oxygens (including phenoxy) is 3. The molecule has 2 heterocycles. The van der Waals surface area contributed by atoms with Crippen LogP contribution in [0, 0.1) is 0 Å². The first kappa shape index (κ1) is 44.6. The summed E-state index contributed by atoms with van der Waals surface area (Å²) in [7, 11) is -5.44. The number of hydrogen-bond donors (Lipinski definition) is 0. The molecule has 0 N–H and O–H groups in total. The van der Waals surface area contributed by atoms with Crippen LogP contribution in [0.2, 0.25) is 18.1 Å². The molecule has 0 bridgehead atoms. The maximum atomic E-state index is 17.4. The molecule has 1 unspecified atom stereocenters. The van der Waals surface area contributed by atoms with E-state index >= 15 is 4.39 Å². The van der Waals surface area contributed by atoms with Gasteiger partial charge < -0.3 is 23.5 Å². The Labute approximate surface area is 316 Å². The lowest BCUT2D eigenvalue weighted by atomic mass is 9.98. The lowest BCUT2D eigenvalue weighted by molar-refractivity contribution is -0.183. The van der Waals surface area contributed by atoms with Crippen LogP contribution < -0.4 is 15.8 Å². The largest absolute Gasteiger partial charge is 0.693 e. The van der Waals surface area contributed by atoms with Crippen molar-refractivity contribution < 1.29 is 51.4 Å². The van der Waals surface area contributed by atoms with E-state index in [0.717, 1.165) is 21.7 Å². The Morgan fingerprint density at radius 3 is 2.31 bits per heavy atom. The predicted octanol–water partition coefficient (Wildman–Crippen LogP) is 5.64. The summed E-state index contributed by atoms with van der Waals surface area (Å²) in [6.07, 6.45) is -3.80. The van der Waals surface area contributed by atoms with Crippen LogP contribution in [0.15, 0.2) is 57.3 Å². The second-order valence-corrected chi connectivity index (χ2v) is 19.2. The van der Waals surface area contributed by atoms with Crippen LogP contribution in [0.1, 0.15) is 75.0 Å². The summed E-state index contributed by atoms with van der Waals surface area (Å²) in [6, 6.07) is 9.98. The molecule has 0 saturated carbocycles. The Balaban J connectivity index is 1.97. The van der Waals surface area contributed by atoms with Crippen molar-refractivity contribution in [2.45, 2.75) is 130 Å². The average molecular weight is 800 g/mol. The zero-order chi connectivity index (χ0) is 40.2. The third-order valence-corrected chi connectivity index (χ3v) is 14.6. The Bertz CT molecular complexity index is 1710. The quantitative estimate of drug-likeness (QED) is 0.0379. The maximum absolute atomic E-state index is 17.4. The molecule has 19 heteroatoms. The van der Waals surface area contributed by atoms with Gasteiger partial charge in [0.05, 0.1) is 23.1 Å². The van der Waals surface area contributed by atoms with Gasteiger partial charge in [-0.2, -0.15) is 0 Å². The van der Waals surface area contributed by atoms with E-state index in [2.05, 4.69) is 5.16 Å². The Morgan fingerprint density at radius 1 is 1.07 bits per heavy atom. The van der Waals surface area contributed by atoms with Crippen molar-refractivity contribution in [1.29, 1.82) is 0 Å². The average Bonchev–Trinajstić information content (AvgIpc) is 3.36. The molecule has 1 aromatic carbocycles. The summed E-state index contributed by atoms with van der Waals surface area (Å²) in [5.41, 5.74) is -3.57. The van der Waals surface area contributed by atoms with Gasteiger partial charge in [-0.15, -0.1) is 0 Å². The molecule has 16 nitrogen and oxygen atoms in total. The van der Waals surface area contributed by atoms with Gasteiger partial charge in [0, 0.05) is 16.8 Å². The summed E-state index contributed by atoms with van der Waals surface area (Å²) in [6.45, 7) is 14.0. The highest BCUT2D eigenvalue weighted by atomic mass is 31.1. The van der Waals surface area contributed by atoms with Gasteiger partial charge in [-0.3, -0.25) is 23.8 Å². The summed E-state index contributed by atoms with van der Waals surface area (Å²) in [5.74, 6) is -1.27. The molecule has 1 aliphatic rings. The second-order valence-electron chi connectivity index (χ2n) is 13.4. The van der Waals surface area contributed by atoms with Crippen molar-refractivity contribution in [3.8, 4) is 5.75 Å². The van der Waals surface area contributed by atoms with E-state index in [0.29, 0.717) is 28.4 Å². The molecule has 1 saturated heterocycles. The first-order valence-corrected chi connectivity index (χ1v) is 21.6. The number of esters is 2. The number of halogens is 1. The summed E-state index contributed by atoms with van der Waals surface area (Å²) < 4.78 is 61.5. The fourth-order valence-electron chi connectivity index (χ4n) is 5.62. The van der Waals surface area contributed by atoms with Crippen LogP contribution in [0.5, 0.6) is 5.75 Å². The summed E-state index contributed by atoms with van der Waals surface area (Å²) >= 11 is 0. The van der Waals surface area contributed by atoms with Crippen molar-refractivity contribution in [2.24, 2.45) is 5.16 Å². The Hall–Kier alpha value is -3.80. The third kappa shape index (κ3) is 11.6. The number of carbonyl (C=O) groups excluding carboxylic acids is 2. The molecular weight excluding hydrogens is 746 g/mol. The highest BCUT2D eigenvalue weighted by Gasteiger charge is 2.59. The predicted molar refractivity (Wildman–Crippen MR) is 199 cm³/mol. The number of hydroxylamine groups is 1. The molecule has 3 rings (SSSR count). The van der Waals surface area contributed by atoms with Crippen molar-refractivity contribution in [1.82, 2.24) is 14.0 Å². The molecule has 0 amide bonds. The van der Waals surface area contributed by atoms with Gasteiger partial charge in [0.15, 0.2) is 38.7 Å². The van der Waals surface area contributed by atoms with Gasteiger partial charge in [0.2, 0.25) is 0 Å². The molecule has 1 aliphatic heterocycles. The maximum Gasteiger partial charge on any atom is 0.693 e. The van der Waals surface area contributed by atoms with E-state index in [1.54, 1.807) is 58.0 Å². The molecule has 54 heavy (non-hydrogen) atoms. The van der Waals surface area contributed by atoms with Crippen LogP contribution in [0.4, 0.5) is 4.39 Å². The van der Waals surface area contributed by atoms with Gasteiger partial charge in [-0.05, 0) is 71.8 Å². The van der Waals surface area contributed by atoms with Crippen molar-refractivity contribution in [2.75, 3.05) is 13.2 Å². The van der Waals surface area contributed by atoms with E-state index in [-0.39, 0.29) is 18.8 Å². The first-order chi connectivity index (χ1) is 25.5. The van der Waals surface area contributed by atoms with Crippen LogP contribution >= 0.6 is 8.18 Å². The minimum Gasteiger partial charge on any atom is -0.462 e. The molecular formula is C35H53FN4O12PSi+. The number of oxime groups is 1. The number of para-hydroxylation sites is 1. The van der Waals surface area contributed by atoms with Crippen molar-refractivity contribution in [3.63, 3.8) is 0 Å². The number of benzene rings is 1. The molecule has 0 radical (unpaired) electrons. The molecule has 300 valence electrons. The minimum absolute atomic E-state index is 0.0846. The second kappa shape index (κ2) is 20.2. The van der Waals surface area contributed by atoms with Crippen molar-refractivity contribution in [3.05, 3.63) is 63.4 Å². The number of alkyl halides is 1.